The first-order valence-electron chi connectivity index (χ1n) is 8.90. The lowest BCUT2D eigenvalue weighted by molar-refractivity contribution is 0.0518. The van der Waals surface area contributed by atoms with Gasteiger partial charge in [0, 0.05) is 14.8 Å². The Morgan fingerprint density at radius 1 is 0.767 bits per heavy atom. The van der Waals surface area contributed by atoms with E-state index in [9.17, 15) is 19.2 Å². The molecule has 3 aromatic carbocycles. The zero-order valence-corrected chi connectivity index (χ0v) is 17.5. The topological polar surface area (TPSA) is 95.6 Å². The molecule has 8 heteroatoms. The van der Waals surface area contributed by atoms with Crippen LogP contribution in [0.4, 0.5) is 5.69 Å². The Balaban J connectivity index is 1.50. The molecular formula is C22H14IN3O4. The molecule has 0 saturated heterocycles. The first-order valence-corrected chi connectivity index (χ1v) is 9.98. The van der Waals surface area contributed by atoms with Gasteiger partial charge in [-0.3, -0.25) is 24.6 Å². The lowest BCUT2D eigenvalue weighted by atomic mass is 10.1. The van der Waals surface area contributed by atoms with E-state index in [4.69, 9.17) is 0 Å². The van der Waals surface area contributed by atoms with Crippen molar-refractivity contribution in [3.05, 3.63) is 98.6 Å². The van der Waals surface area contributed by atoms with E-state index < -0.39 is 17.7 Å². The Kier molecular flexibility index (Phi) is 5.32. The van der Waals surface area contributed by atoms with Crippen LogP contribution in [-0.2, 0) is 0 Å². The third kappa shape index (κ3) is 3.69. The van der Waals surface area contributed by atoms with E-state index in [1.54, 1.807) is 36.4 Å². The minimum atomic E-state index is -0.644. The van der Waals surface area contributed by atoms with Gasteiger partial charge in [-0.2, -0.15) is 5.01 Å². The summed E-state index contributed by atoms with van der Waals surface area (Å²) in [5, 5.41) is 3.45. The molecule has 0 aromatic heterocycles. The second-order valence-corrected chi connectivity index (χ2v) is 7.61. The number of nitrogens with zero attached hydrogens (tertiary/aromatic N) is 1. The van der Waals surface area contributed by atoms with Gasteiger partial charge in [0.05, 0.1) is 16.7 Å². The number of benzene rings is 3. The van der Waals surface area contributed by atoms with Crippen molar-refractivity contribution in [3.8, 4) is 0 Å². The number of hydrogen-bond acceptors (Lipinski definition) is 4. The second kappa shape index (κ2) is 8.07. The zero-order valence-electron chi connectivity index (χ0n) is 15.4. The van der Waals surface area contributed by atoms with Gasteiger partial charge in [-0.1, -0.05) is 30.3 Å². The molecule has 0 atom stereocenters. The molecule has 7 nitrogen and oxygen atoms in total. The monoisotopic (exact) mass is 511 g/mol. The van der Waals surface area contributed by atoms with Crippen LogP contribution in [0.15, 0.2) is 72.8 Å². The number of anilines is 1. The van der Waals surface area contributed by atoms with Gasteiger partial charge in [-0.05, 0) is 65.1 Å². The third-order valence-electron chi connectivity index (χ3n) is 4.51. The summed E-state index contributed by atoms with van der Waals surface area (Å²) in [4.78, 5) is 49.9. The van der Waals surface area contributed by atoms with Crippen LogP contribution in [0, 0.1) is 3.57 Å². The van der Waals surface area contributed by atoms with E-state index >= 15 is 0 Å². The van der Waals surface area contributed by atoms with Crippen molar-refractivity contribution in [3.63, 3.8) is 0 Å². The predicted octanol–water partition coefficient (Wildman–Crippen LogP) is 3.48. The van der Waals surface area contributed by atoms with E-state index in [2.05, 4.69) is 33.3 Å². The number of hydrazine groups is 1. The first-order chi connectivity index (χ1) is 14.5. The van der Waals surface area contributed by atoms with Crippen molar-refractivity contribution < 1.29 is 19.2 Å². The Bertz CT molecular complexity index is 1170. The Morgan fingerprint density at radius 3 is 2.07 bits per heavy atom. The van der Waals surface area contributed by atoms with Crippen LogP contribution >= 0.6 is 22.6 Å². The lowest BCUT2D eigenvalue weighted by Crippen LogP contribution is -2.45. The largest absolute Gasteiger partial charge is 0.322 e. The van der Waals surface area contributed by atoms with Gasteiger partial charge in [-0.25, -0.2) is 0 Å². The number of halogens is 1. The second-order valence-electron chi connectivity index (χ2n) is 6.45. The van der Waals surface area contributed by atoms with Crippen molar-refractivity contribution in [1.82, 2.24) is 10.4 Å². The highest BCUT2D eigenvalue weighted by Crippen LogP contribution is 2.21. The Labute approximate surface area is 185 Å². The lowest BCUT2D eigenvalue weighted by Gasteiger charge is -2.15. The molecule has 0 saturated carbocycles. The van der Waals surface area contributed by atoms with Crippen molar-refractivity contribution in [2.24, 2.45) is 0 Å². The van der Waals surface area contributed by atoms with Crippen LogP contribution in [0.5, 0.6) is 0 Å². The number of hydrogen-bond donors (Lipinski definition) is 2. The number of nitrogens with one attached hydrogen (secondary N) is 2. The summed E-state index contributed by atoms with van der Waals surface area (Å²) in [5.41, 5.74) is 3.93. The van der Waals surface area contributed by atoms with Crippen LogP contribution < -0.4 is 10.7 Å². The van der Waals surface area contributed by atoms with E-state index in [0.717, 1.165) is 3.57 Å². The maximum atomic E-state index is 12.6. The van der Waals surface area contributed by atoms with Crippen molar-refractivity contribution >= 4 is 51.9 Å². The summed E-state index contributed by atoms with van der Waals surface area (Å²) in [5.74, 6) is -2.13. The van der Waals surface area contributed by atoms with Gasteiger partial charge < -0.3 is 5.32 Å². The summed E-state index contributed by atoms with van der Waals surface area (Å²) in [6.07, 6.45) is 0. The van der Waals surface area contributed by atoms with E-state index in [1.165, 1.54) is 24.3 Å². The van der Waals surface area contributed by atoms with Crippen LogP contribution in [0.2, 0.25) is 0 Å². The molecule has 0 aliphatic carbocycles. The summed E-state index contributed by atoms with van der Waals surface area (Å²) < 4.78 is 0.798. The van der Waals surface area contributed by atoms with Crippen LogP contribution in [0.3, 0.4) is 0 Å². The molecule has 1 aliphatic heterocycles. The zero-order chi connectivity index (χ0) is 21.3. The standard InChI is InChI=1S/C22H14IN3O4/c23-18-11-4-3-10-17(18)20(28)24-14-7-5-6-13(12-14)19(27)25-26-21(29)15-8-1-2-9-16(15)22(26)30/h1-12H,(H,24,28)(H,25,27). The first kappa shape index (κ1) is 19.8. The molecule has 1 aliphatic rings. The normalized spacial score (nSPS) is 12.5. The molecule has 4 rings (SSSR count). The fourth-order valence-electron chi connectivity index (χ4n) is 3.04. The number of carbonyl (C=O) groups excluding carboxylic acids is 4. The molecule has 0 bridgehead atoms. The van der Waals surface area contributed by atoms with Gasteiger partial charge in [0.2, 0.25) is 0 Å². The summed E-state index contributed by atoms with van der Waals surface area (Å²) in [7, 11) is 0. The van der Waals surface area contributed by atoms with Gasteiger partial charge in [0.25, 0.3) is 23.6 Å². The van der Waals surface area contributed by atoms with Crippen LogP contribution in [-0.4, -0.2) is 28.6 Å². The SMILES string of the molecule is O=C(NN1C(=O)c2ccccc2C1=O)c1cccc(NC(=O)c2ccccc2I)c1. The Morgan fingerprint density at radius 2 is 1.40 bits per heavy atom. The molecular weight excluding hydrogens is 497 g/mol. The summed E-state index contributed by atoms with van der Waals surface area (Å²) in [6, 6.07) is 19.7. The number of carbonyl (C=O) groups is 4. The van der Waals surface area contributed by atoms with Gasteiger partial charge in [0.1, 0.15) is 0 Å². The average molecular weight is 511 g/mol. The minimum Gasteiger partial charge on any atom is -0.322 e. The predicted molar refractivity (Wildman–Crippen MR) is 118 cm³/mol. The number of amides is 4. The summed E-state index contributed by atoms with van der Waals surface area (Å²) >= 11 is 2.07. The maximum absolute atomic E-state index is 12.6. The van der Waals surface area contributed by atoms with Crippen LogP contribution in [0.25, 0.3) is 0 Å². The van der Waals surface area contributed by atoms with Gasteiger partial charge in [0.15, 0.2) is 0 Å². The molecule has 30 heavy (non-hydrogen) atoms. The molecule has 0 unspecified atom stereocenters. The number of rotatable bonds is 4. The van der Waals surface area contributed by atoms with Gasteiger partial charge >= 0.3 is 0 Å². The molecule has 0 fully saturated rings. The van der Waals surface area contributed by atoms with Crippen molar-refractivity contribution in [2.45, 2.75) is 0 Å². The van der Waals surface area contributed by atoms with Crippen LogP contribution in [0.1, 0.15) is 41.4 Å². The molecule has 3 aromatic rings. The minimum absolute atomic E-state index is 0.187. The number of fused-ring (bicyclic) bond motifs is 1. The third-order valence-corrected chi connectivity index (χ3v) is 5.45. The average Bonchev–Trinajstić information content (AvgIpc) is 2.99. The van der Waals surface area contributed by atoms with E-state index in [1.807, 2.05) is 12.1 Å². The van der Waals surface area contributed by atoms with Crippen molar-refractivity contribution in [1.29, 1.82) is 0 Å². The van der Waals surface area contributed by atoms with E-state index in [0.29, 0.717) is 16.3 Å². The molecule has 1 heterocycles. The smallest absolute Gasteiger partial charge is 0.280 e. The molecule has 148 valence electrons. The highest BCUT2D eigenvalue weighted by Gasteiger charge is 2.36. The maximum Gasteiger partial charge on any atom is 0.280 e. The Hall–Kier alpha value is -3.53. The quantitative estimate of drug-likeness (QED) is 0.414. The fourth-order valence-corrected chi connectivity index (χ4v) is 3.67. The molecule has 0 radical (unpaired) electrons. The van der Waals surface area contributed by atoms with Gasteiger partial charge in [-0.15, -0.1) is 0 Å². The molecule has 4 amide bonds. The number of imide groups is 1. The molecule has 0 spiro atoms. The summed E-state index contributed by atoms with van der Waals surface area (Å²) in [6.45, 7) is 0. The molecule has 2 N–H and O–H groups in total. The van der Waals surface area contributed by atoms with Crippen molar-refractivity contribution in [2.75, 3.05) is 5.32 Å². The highest BCUT2D eigenvalue weighted by atomic mass is 127. The highest BCUT2D eigenvalue weighted by molar-refractivity contribution is 14.1. The van der Waals surface area contributed by atoms with E-state index in [-0.39, 0.29) is 22.6 Å². The fraction of sp³-hybridized carbons (Fsp3) is 0.